The highest BCUT2D eigenvalue weighted by Gasteiger charge is 2.17. The molecule has 0 spiro atoms. The summed E-state index contributed by atoms with van der Waals surface area (Å²) in [6.07, 6.45) is 1.50. The number of hydrogen-bond donors (Lipinski definition) is 2. The lowest BCUT2D eigenvalue weighted by Gasteiger charge is -2.16. The lowest BCUT2D eigenvalue weighted by Crippen LogP contribution is -2.39. The highest BCUT2D eigenvalue weighted by atomic mass is 16.5. The van der Waals surface area contributed by atoms with Crippen molar-refractivity contribution in [2.24, 2.45) is 5.92 Å². The summed E-state index contributed by atoms with van der Waals surface area (Å²) in [5.41, 5.74) is 0. The minimum atomic E-state index is -0.793. The summed E-state index contributed by atoms with van der Waals surface area (Å²) in [5, 5.41) is 12.0. The Bertz CT molecular complexity index is 197. The molecule has 0 rings (SSSR count). The SMILES string of the molecule is COCCCOCCNC(CC(C)C)C(=O)O. The molecule has 0 aliphatic heterocycles. The van der Waals surface area contributed by atoms with Gasteiger partial charge in [0.2, 0.25) is 0 Å². The smallest absolute Gasteiger partial charge is 0.320 e. The standard InChI is InChI=1S/C12H25NO4/c1-10(2)9-11(12(14)15)13-5-8-17-7-4-6-16-3/h10-11,13H,4-9H2,1-3H3,(H,14,15). The average molecular weight is 247 g/mol. The van der Waals surface area contributed by atoms with Crippen LogP contribution < -0.4 is 5.32 Å². The molecule has 5 heteroatoms. The predicted octanol–water partition coefficient (Wildman–Crippen LogP) is 1.13. The number of hydrogen-bond acceptors (Lipinski definition) is 4. The second-order valence-electron chi connectivity index (χ2n) is 4.43. The van der Waals surface area contributed by atoms with E-state index in [4.69, 9.17) is 14.6 Å². The summed E-state index contributed by atoms with van der Waals surface area (Å²) in [6.45, 7) is 6.47. The van der Waals surface area contributed by atoms with E-state index in [1.807, 2.05) is 13.8 Å². The zero-order chi connectivity index (χ0) is 13.1. The monoisotopic (exact) mass is 247 g/mol. The molecule has 0 aromatic heterocycles. The number of carboxylic acid groups (broad SMARTS) is 1. The number of ether oxygens (including phenoxy) is 2. The number of nitrogens with one attached hydrogen (secondary N) is 1. The molecule has 0 aliphatic rings. The third-order valence-corrected chi connectivity index (χ3v) is 2.28. The molecule has 0 amide bonds. The molecule has 0 saturated heterocycles. The van der Waals surface area contributed by atoms with Crippen LogP contribution in [0.5, 0.6) is 0 Å². The molecule has 0 heterocycles. The third-order valence-electron chi connectivity index (χ3n) is 2.28. The molecular weight excluding hydrogens is 222 g/mol. The van der Waals surface area contributed by atoms with E-state index in [2.05, 4.69) is 5.32 Å². The lowest BCUT2D eigenvalue weighted by molar-refractivity contribution is -0.140. The fraction of sp³-hybridized carbons (Fsp3) is 0.917. The highest BCUT2D eigenvalue weighted by Crippen LogP contribution is 2.04. The molecule has 0 aromatic rings. The third kappa shape index (κ3) is 10.2. The molecule has 102 valence electrons. The van der Waals surface area contributed by atoms with Crippen molar-refractivity contribution in [3.8, 4) is 0 Å². The van der Waals surface area contributed by atoms with Crippen LogP contribution in [0, 0.1) is 5.92 Å². The van der Waals surface area contributed by atoms with Crippen molar-refractivity contribution < 1.29 is 19.4 Å². The maximum atomic E-state index is 10.9. The Kier molecular flexibility index (Phi) is 10.1. The Balaban J connectivity index is 3.51. The molecule has 1 atom stereocenters. The van der Waals surface area contributed by atoms with E-state index in [0.717, 1.165) is 6.42 Å². The van der Waals surface area contributed by atoms with E-state index in [1.165, 1.54) is 0 Å². The molecule has 0 aromatic carbocycles. The van der Waals surface area contributed by atoms with Crippen LogP contribution in [0.2, 0.25) is 0 Å². The molecule has 0 bridgehead atoms. The molecule has 0 saturated carbocycles. The van der Waals surface area contributed by atoms with Crippen LogP contribution in [0.25, 0.3) is 0 Å². The quantitative estimate of drug-likeness (QED) is 0.536. The first-order chi connectivity index (χ1) is 8.07. The van der Waals surface area contributed by atoms with Gasteiger partial charge >= 0.3 is 5.97 Å². The first-order valence-corrected chi connectivity index (χ1v) is 6.10. The van der Waals surface area contributed by atoms with Crippen molar-refractivity contribution in [2.45, 2.75) is 32.7 Å². The molecule has 0 radical (unpaired) electrons. The van der Waals surface area contributed by atoms with E-state index in [9.17, 15) is 4.79 Å². The molecular formula is C12H25NO4. The van der Waals surface area contributed by atoms with Crippen LogP contribution in [0.1, 0.15) is 26.7 Å². The van der Waals surface area contributed by atoms with Gasteiger partial charge in [0.25, 0.3) is 0 Å². The van der Waals surface area contributed by atoms with Gasteiger partial charge in [0, 0.05) is 26.9 Å². The number of carbonyl (C=O) groups is 1. The van der Waals surface area contributed by atoms with Gasteiger partial charge < -0.3 is 19.9 Å². The largest absolute Gasteiger partial charge is 0.480 e. The number of carboxylic acids is 1. The fourth-order valence-electron chi connectivity index (χ4n) is 1.46. The number of aliphatic carboxylic acids is 1. The normalized spacial score (nSPS) is 12.9. The summed E-state index contributed by atoms with van der Waals surface area (Å²) < 4.78 is 10.2. The zero-order valence-corrected chi connectivity index (χ0v) is 11.1. The van der Waals surface area contributed by atoms with Gasteiger partial charge in [0.05, 0.1) is 6.61 Å². The van der Waals surface area contributed by atoms with Crippen molar-refractivity contribution in [2.75, 3.05) is 33.5 Å². The Morgan fingerprint density at radius 3 is 2.53 bits per heavy atom. The Morgan fingerprint density at radius 2 is 2.00 bits per heavy atom. The topological polar surface area (TPSA) is 67.8 Å². The second-order valence-corrected chi connectivity index (χ2v) is 4.43. The average Bonchev–Trinajstić information content (AvgIpc) is 2.25. The second kappa shape index (κ2) is 10.5. The van der Waals surface area contributed by atoms with Crippen LogP contribution in [-0.2, 0) is 14.3 Å². The first kappa shape index (κ1) is 16.4. The van der Waals surface area contributed by atoms with Crippen LogP contribution in [0.15, 0.2) is 0 Å². The van der Waals surface area contributed by atoms with Crippen molar-refractivity contribution in [1.29, 1.82) is 0 Å². The molecule has 5 nitrogen and oxygen atoms in total. The van der Waals surface area contributed by atoms with Gasteiger partial charge in [0.15, 0.2) is 0 Å². The minimum absolute atomic E-state index is 0.367. The summed E-state index contributed by atoms with van der Waals surface area (Å²) >= 11 is 0. The van der Waals surface area contributed by atoms with Gasteiger partial charge in [0.1, 0.15) is 6.04 Å². The summed E-state index contributed by atoms with van der Waals surface area (Å²) in [6, 6.07) is -0.474. The van der Waals surface area contributed by atoms with Crippen LogP contribution >= 0.6 is 0 Å². The highest BCUT2D eigenvalue weighted by molar-refractivity contribution is 5.73. The van der Waals surface area contributed by atoms with E-state index >= 15 is 0 Å². The first-order valence-electron chi connectivity index (χ1n) is 6.10. The van der Waals surface area contributed by atoms with Gasteiger partial charge in [-0.1, -0.05) is 13.8 Å². The van der Waals surface area contributed by atoms with E-state index < -0.39 is 12.0 Å². The predicted molar refractivity (Wildman–Crippen MR) is 66.2 cm³/mol. The summed E-state index contributed by atoms with van der Waals surface area (Å²) in [4.78, 5) is 10.9. The minimum Gasteiger partial charge on any atom is -0.480 e. The molecule has 17 heavy (non-hydrogen) atoms. The van der Waals surface area contributed by atoms with Gasteiger partial charge in [-0.2, -0.15) is 0 Å². The Morgan fingerprint density at radius 1 is 1.29 bits per heavy atom. The number of rotatable bonds is 11. The van der Waals surface area contributed by atoms with Crippen molar-refractivity contribution >= 4 is 5.97 Å². The van der Waals surface area contributed by atoms with Crippen molar-refractivity contribution in [3.63, 3.8) is 0 Å². The van der Waals surface area contributed by atoms with E-state index in [-0.39, 0.29) is 0 Å². The van der Waals surface area contributed by atoms with Gasteiger partial charge in [-0.25, -0.2) is 0 Å². The summed E-state index contributed by atoms with van der Waals surface area (Å²) in [7, 11) is 1.66. The van der Waals surface area contributed by atoms with Crippen LogP contribution in [-0.4, -0.2) is 50.6 Å². The lowest BCUT2D eigenvalue weighted by atomic mass is 10.0. The van der Waals surface area contributed by atoms with Crippen molar-refractivity contribution in [3.05, 3.63) is 0 Å². The Labute approximate surface area is 103 Å². The maximum absolute atomic E-state index is 10.9. The Hall–Kier alpha value is -0.650. The van der Waals surface area contributed by atoms with Crippen LogP contribution in [0.4, 0.5) is 0 Å². The maximum Gasteiger partial charge on any atom is 0.320 e. The van der Waals surface area contributed by atoms with Gasteiger partial charge in [-0.05, 0) is 18.8 Å². The molecule has 2 N–H and O–H groups in total. The fourth-order valence-corrected chi connectivity index (χ4v) is 1.46. The zero-order valence-electron chi connectivity index (χ0n) is 11.1. The van der Waals surface area contributed by atoms with Gasteiger partial charge in [-0.15, -0.1) is 0 Å². The van der Waals surface area contributed by atoms with E-state index in [1.54, 1.807) is 7.11 Å². The summed E-state index contributed by atoms with van der Waals surface area (Å²) in [5.74, 6) is -0.427. The van der Waals surface area contributed by atoms with Crippen molar-refractivity contribution in [1.82, 2.24) is 5.32 Å². The molecule has 1 unspecified atom stereocenters. The van der Waals surface area contributed by atoms with Gasteiger partial charge in [-0.3, -0.25) is 4.79 Å². The molecule has 0 aliphatic carbocycles. The van der Waals surface area contributed by atoms with Crippen LogP contribution in [0.3, 0.4) is 0 Å². The molecule has 0 fully saturated rings. The van der Waals surface area contributed by atoms with E-state index in [0.29, 0.717) is 38.7 Å². The number of methoxy groups -OCH3 is 1.